The van der Waals surface area contributed by atoms with E-state index in [1.54, 1.807) is 0 Å². The van der Waals surface area contributed by atoms with Crippen molar-refractivity contribution in [3.05, 3.63) is 224 Å². The van der Waals surface area contributed by atoms with Crippen molar-refractivity contribution in [2.75, 3.05) is 0 Å². The highest BCUT2D eigenvalue weighted by molar-refractivity contribution is 6.23. The van der Waals surface area contributed by atoms with E-state index >= 15 is 0 Å². The van der Waals surface area contributed by atoms with Gasteiger partial charge in [0.2, 0.25) is 0 Å². The van der Waals surface area contributed by atoms with Gasteiger partial charge in [-0.25, -0.2) is 15.0 Å². The third-order valence-corrected chi connectivity index (χ3v) is 12.8. The number of rotatable bonds is 6. The number of fused-ring (bicyclic) bond motifs is 9. The van der Waals surface area contributed by atoms with E-state index in [-0.39, 0.29) is 0 Å². The minimum atomic E-state index is 0.633. The first kappa shape index (κ1) is 36.0. The molecule has 0 bridgehead atoms. The molecule has 0 saturated carbocycles. The van der Waals surface area contributed by atoms with Crippen LogP contribution in [0.1, 0.15) is 0 Å². The summed E-state index contributed by atoms with van der Waals surface area (Å²) in [7, 11) is 0. The van der Waals surface area contributed by atoms with Crippen molar-refractivity contribution >= 4 is 65.2 Å². The summed E-state index contributed by atoms with van der Waals surface area (Å²) in [6.07, 6.45) is 0. The fourth-order valence-electron chi connectivity index (χ4n) is 9.82. The van der Waals surface area contributed by atoms with E-state index in [1.807, 2.05) is 0 Å². The molecule has 64 heavy (non-hydrogen) atoms. The summed E-state index contributed by atoms with van der Waals surface area (Å²) in [6, 6.07) is 79.8. The Kier molecular flexibility index (Phi) is 8.15. The fourth-order valence-corrected chi connectivity index (χ4v) is 9.82. The molecule has 10 aromatic carbocycles. The summed E-state index contributed by atoms with van der Waals surface area (Å²) in [6.45, 7) is 0. The molecule has 0 aliphatic rings. The second-order valence-electron chi connectivity index (χ2n) is 16.4. The lowest BCUT2D eigenvalue weighted by atomic mass is 10.0. The Bertz CT molecular complexity index is 3830. The minimum absolute atomic E-state index is 0.633. The molecule has 0 saturated heterocycles. The Morgan fingerprint density at radius 1 is 0.250 bits per heavy atom. The first-order valence-corrected chi connectivity index (χ1v) is 21.7. The molecule has 13 rings (SSSR count). The lowest BCUT2D eigenvalue weighted by molar-refractivity contribution is 1.08. The van der Waals surface area contributed by atoms with E-state index in [1.165, 1.54) is 43.6 Å². The molecule has 0 fully saturated rings. The third kappa shape index (κ3) is 5.68. The molecule has 3 heterocycles. The first-order chi connectivity index (χ1) is 31.7. The molecule has 0 atom stereocenters. The van der Waals surface area contributed by atoms with Crippen molar-refractivity contribution in [2.24, 2.45) is 0 Å². The zero-order valence-corrected chi connectivity index (χ0v) is 34.6. The predicted molar refractivity (Wildman–Crippen MR) is 265 cm³/mol. The number of nitrogens with zero attached hydrogens (tertiary/aromatic N) is 5. The zero-order valence-electron chi connectivity index (χ0n) is 34.6. The summed E-state index contributed by atoms with van der Waals surface area (Å²) in [5, 5.41) is 9.44. The van der Waals surface area contributed by atoms with Crippen LogP contribution in [-0.2, 0) is 0 Å². The van der Waals surface area contributed by atoms with Crippen LogP contribution in [0.2, 0.25) is 0 Å². The molecule has 0 N–H and O–H groups in total. The molecular weight excluding hydrogens is 779 g/mol. The van der Waals surface area contributed by atoms with Crippen molar-refractivity contribution in [3.63, 3.8) is 0 Å². The highest BCUT2D eigenvalue weighted by atomic mass is 15.0. The molecule has 0 aliphatic carbocycles. The minimum Gasteiger partial charge on any atom is -0.307 e. The smallest absolute Gasteiger partial charge is 0.164 e. The molecule has 13 aromatic rings. The van der Waals surface area contributed by atoms with Gasteiger partial charge in [-0.1, -0.05) is 188 Å². The van der Waals surface area contributed by atoms with Gasteiger partial charge >= 0.3 is 0 Å². The molecule has 0 radical (unpaired) electrons. The second-order valence-corrected chi connectivity index (χ2v) is 16.4. The molecule has 0 unspecified atom stereocenters. The zero-order chi connectivity index (χ0) is 42.1. The van der Waals surface area contributed by atoms with E-state index < -0.39 is 0 Å². The second kappa shape index (κ2) is 14.5. The Hall–Kier alpha value is -8.67. The van der Waals surface area contributed by atoms with Crippen LogP contribution in [0.5, 0.6) is 0 Å². The van der Waals surface area contributed by atoms with Gasteiger partial charge in [0.05, 0.1) is 22.1 Å². The fraction of sp³-hybridized carbons (Fsp3) is 0. The highest BCUT2D eigenvalue weighted by Gasteiger charge is 2.21. The maximum absolute atomic E-state index is 5.16. The summed E-state index contributed by atoms with van der Waals surface area (Å²) in [5.74, 6) is 1.93. The number of aromatic nitrogens is 5. The third-order valence-electron chi connectivity index (χ3n) is 12.8. The van der Waals surface area contributed by atoms with E-state index in [2.05, 4.69) is 234 Å². The standard InChI is InChI=1S/C59H37N5/c1-2-18-43(19-3-1)63-53-26-10-8-22-47(53)49-36-37-50-48-23-9-11-27-54(48)64(56(50)55(49)63)44-34-32-39(33-35-44)38-28-30-42(31-29-38)57-60-58(51-24-12-16-40-14-4-6-20-45(40)51)62-59(61-57)52-25-13-17-41-15-5-7-21-46(41)52/h1-37H. The van der Waals surface area contributed by atoms with Crippen LogP contribution in [0.15, 0.2) is 224 Å². The summed E-state index contributed by atoms with van der Waals surface area (Å²) >= 11 is 0. The van der Waals surface area contributed by atoms with Gasteiger partial charge in [-0.15, -0.1) is 0 Å². The average Bonchev–Trinajstić information content (AvgIpc) is 3.89. The Balaban J connectivity index is 0.928. The van der Waals surface area contributed by atoms with Gasteiger partial charge in [0.15, 0.2) is 17.5 Å². The number of benzene rings is 10. The average molecular weight is 816 g/mol. The molecule has 0 aliphatic heterocycles. The van der Waals surface area contributed by atoms with Gasteiger partial charge in [-0.05, 0) is 69.1 Å². The quantitative estimate of drug-likeness (QED) is 0.168. The van der Waals surface area contributed by atoms with Crippen LogP contribution in [0.4, 0.5) is 0 Å². The summed E-state index contributed by atoms with van der Waals surface area (Å²) in [4.78, 5) is 15.5. The van der Waals surface area contributed by atoms with Crippen LogP contribution in [-0.4, -0.2) is 24.1 Å². The van der Waals surface area contributed by atoms with E-state index in [0.717, 1.165) is 60.7 Å². The maximum Gasteiger partial charge on any atom is 0.164 e. The van der Waals surface area contributed by atoms with Crippen molar-refractivity contribution < 1.29 is 0 Å². The van der Waals surface area contributed by atoms with Gasteiger partial charge in [0, 0.05) is 49.6 Å². The van der Waals surface area contributed by atoms with Crippen LogP contribution in [0.3, 0.4) is 0 Å². The van der Waals surface area contributed by atoms with Gasteiger partial charge in [0.25, 0.3) is 0 Å². The number of hydrogen-bond acceptors (Lipinski definition) is 3. The molecular formula is C59H37N5. The van der Waals surface area contributed by atoms with Gasteiger partial charge in [0.1, 0.15) is 0 Å². The molecule has 298 valence electrons. The summed E-state index contributed by atoms with van der Waals surface area (Å²) < 4.78 is 4.88. The van der Waals surface area contributed by atoms with Gasteiger partial charge < -0.3 is 9.13 Å². The molecule has 5 nitrogen and oxygen atoms in total. The number of para-hydroxylation sites is 3. The van der Waals surface area contributed by atoms with E-state index in [9.17, 15) is 0 Å². The number of hydrogen-bond donors (Lipinski definition) is 0. The lowest BCUT2D eigenvalue weighted by Crippen LogP contribution is -2.01. The van der Waals surface area contributed by atoms with E-state index in [4.69, 9.17) is 15.0 Å². The Morgan fingerprint density at radius 2 is 0.641 bits per heavy atom. The molecule has 5 heteroatoms. The maximum atomic E-state index is 5.16. The van der Waals surface area contributed by atoms with Crippen LogP contribution in [0, 0.1) is 0 Å². The monoisotopic (exact) mass is 815 g/mol. The van der Waals surface area contributed by atoms with Gasteiger partial charge in [-0.3, -0.25) is 0 Å². The molecule has 0 amide bonds. The van der Waals surface area contributed by atoms with Crippen molar-refractivity contribution in [1.29, 1.82) is 0 Å². The van der Waals surface area contributed by atoms with Crippen LogP contribution in [0.25, 0.3) is 122 Å². The molecule has 3 aromatic heterocycles. The van der Waals surface area contributed by atoms with Crippen LogP contribution >= 0.6 is 0 Å². The Labute approximate surface area is 368 Å². The Morgan fingerprint density at radius 3 is 1.17 bits per heavy atom. The topological polar surface area (TPSA) is 48.5 Å². The van der Waals surface area contributed by atoms with Gasteiger partial charge in [-0.2, -0.15) is 0 Å². The summed E-state index contributed by atoms with van der Waals surface area (Å²) in [5.41, 5.74) is 12.1. The lowest BCUT2D eigenvalue weighted by Gasteiger charge is -2.13. The van der Waals surface area contributed by atoms with E-state index in [0.29, 0.717) is 17.5 Å². The highest BCUT2D eigenvalue weighted by Crippen LogP contribution is 2.42. The largest absolute Gasteiger partial charge is 0.307 e. The van der Waals surface area contributed by atoms with Crippen molar-refractivity contribution in [2.45, 2.75) is 0 Å². The van der Waals surface area contributed by atoms with Crippen molar-refractivity contribution in [1.82, 2.24) is 24.1 Å². The predicted octanol–water partition coefficient (Wildman–Crippen LogP) is 15.0. The molecule has 0 spiro atoms. The normalized spacial score (nSPS) is 11.8. The van der Waals surface area contributed by atoms with Crippen molar-refractivity contribution in [3.8, 4) is 56.7 Å². The first-order valence-electron chi connectivity index (χ1n) is 21.7. The SMILES string of the molecule is c1ccc(-n2c3ccccc3c3ccc4c5ccccc5n(-c5ccc(-c6ccc(-c7nc(-c8cccc9ccccc89)nc(-c8cccc9ccccc89)n7)cc6)cc5)c4c32)cc1. The van der Waals surface area contributed by atoms with Crippen LogP contribution < -0.4 is 0 Å².